The molecule has 1 aromatic rings. The molecule has 110 valence electrons. The van der Waals surface area contributed by atoms with Crippen LogP contribution in [0, 0.1) is 11.7 Å². The van der Waals surface area contributed by atoms with Crippen molar-refractivity contribution in [3.8, 4) is 5.75 Å². The highest BCUT2D eigenvalue weighted by Crippen LogP contribution is 2.38. The summed E-state index contributed by atoms with van der Waals surface area (Å²) < 4.78 is 18.7. The molecule has 0 aromatic heterocycles. The van der Waals surface area contributed by atoms with Gasteiger partial charge in [0.1, 0.15) is 0 Å². The van der Waals surface area contributed by atoms with Gasteiger partial charge in [0.25, 0.3) is 0 Å². The Labute approximate surface area is 120 Å². The Morgan fingerprint density at radius 3 is 2.55 bits per heavy atom. The lowest BCUT2D eigenvalue weighted by Crippen LogP contribution is -2.13. The van der Waals surface area contributed by atoms with Crippen LogP contribution in [-0.2, 0) is 4.79 Å². The smallest absolute Gasteiger partial charge is 0.308 e. The Balaban J connectivity index is 2.00. The van der Waals surface area contributed by atoms with E-state index in [1.807, 2.05) is 6.07 Å². The third-order valence-electron chi connectivity index (χ3n) is 4.22. The molecule has 0 amide bonds. The molecular weight excluding hydrogens is 255 g/mol. The van der Waals surface area contributed by atoms with Crippen LogP contribution in [0.1, 0.15) is 63.9 Å². The first-order valence-electron chi connectivity index (χ1n) is 7.58. The van der Waals surface area contributed by atoms with E-state index in [4.69, 9.17) is 4.74 Å². The maximum absolute atomic E-state index is 13.9. The highest BCUT2D eigenvalue weighted by molar-refractivity contribution is 5.69. The van der Waals surface area contributed by atoms with Gasteiger partial charge in [-0.25, -0.2) is 4.39 Å². The van der Waals surface area contributed by atoms with E-state index in [1.165, 1.54) is 38.7 Å². The van der Waals surface area contributed by atoms with Crippen LogP contribution in [0.5, 0.6) is 5.75 Å². The van der Waals surface area contributed by atoms with Crippen molar-refractivity contribution < 1.29 is 13.9 Å². The van der Waals surface area contributed by atoms with E-state index in [1.54, 1.807) is 6.07 Å². The van der Waals surface area contributed by atoms with E-state index in [9.17, 15) is 9.18 Å². The summed E-state index contributed by atoms with van der Waals surface area (Å²) in [7, 11) is 0. The number of esters is 1. The molecule has 0 spiro atoms. The number of rotatable bonds is 4. The number of halogens is 1. The fraction of sp³-hybridized carbons (Fsp3) is 0.588. The third-order valence-corrected chi connectivity index (χ3v) is 4.22. The molecule has 2 nitrogen and oxygen atoms in total. The summed E-state index contributed by atoms with van der Waals surface area (Å²) in [5.41, 5.74) is 1.04. The van der Waals surface area contributed by atoms with Gasteiger partial charge in [0.2, 0.25) is 0 Å². The summed E-state index contributed by atoms with van der Waals surface area (Å²) in [6, 6.07) is 5.00. The van der Waals surface area contributed by atoms with E-state index in [0.29, 0.717) is 5.92 Å². The maximum Gasteiger partial charge on any atom is 0.308 e. The van der Waals surface area contributed by atoms with Crippen molar-refractivity contribution in [2.24, 2.45) is 5.92 Å². The molecule has 2 rings (SSSR count). The van der Waals surface area contributed by atoms with Crippen molar-refractivity contribution in [2.75, 3.05) is 0 Å². The molecule has 0 saturated heterocycles. The molecule has 1 saturated carbocycles. The fourth-order valence-electron chi connectivity index (χ4n) is 3.20. The summed E-state index contributed by atoms with van der Waals surface area (Å²) >= 11 is 0. The highest BCUT2D eigenvalue weighted by atomic mass is 19.1. The van der Waals surface area contributed by atoms with Crippen molar-refractivity contribution in [3.05, 3.63) is 29.6 Å². The summed E-state index contributed by atoms with van der Waals surface area (Å²) in [6.07, 6.45) is 7.32. The lowest BCUT2D eigenvalue weighted by Gasteiger charge is -2.28. The van der Waals surface area contributed by atoms with Crippen LogP contribution in [-0.4, -0.2) is 5.97 Å². The van der Waals surface area contributed by atoms with Crippen LogP contribution in [0.2, 0.25) is 0 Å². The Bertz CT molecular complexity index is 462. The molecule has 0 radical (unpaired) electrons. The van der Waals surface area contributed by atoms with Gasteiger partial charge in [-0.1, -0.05) is 25.8 Å². The third kappa shape index (κ3) is 3.81. The molecule has 0 unspecified atom stereocenters. The minimum atomic E-state index is -0.489. The average molecular weight is 278 g/mol. The summed E-state index contributed by atoms with van der Waals surface area (Å²) in [5.74, 6) is 0.399. The van der Waals surface area contributed by atoms with Gasteiger partial charge < -0.3 is 4.74 Å². The van der Waals surface area contributed by atoms with Gasteiger partial charge in [0.15, 0.2) is 11.6 Å². The minimum Gasteiger partial charge on any atom is -0.424 e. The Morgan fingerprint density at radius 2 is 2.00 bits per heavy atom. The summed E-state index contributed by atoms with van der Waals surface area (Å²) in [5, 5.41) is 0. The molecule has 20 heavy (non-hydrogen) atoms. The van der Waals surface area contributed by atoms with Crippen LogP contribution in [0.25, 0.3) is 0 Å². The summed E-state index contributed by atoms with van der Waals surface area (Å²) in [4.78, 5) is 10.9. The van der Waals surface area contributed by atoms with E-state index < -0.39 is 11.8 Å². The quantitative estimate of drug-likeness (QED) is 0.582. The zero-order chi connectivity index (χ0) is 14.5. The van der Waals surface area contributed by atoms with E-state index >= 15 is 0 Å². The zero-order valence-corrected chi connectivity index (χ0v) is 12.3. The van der Waals surface area contributed by atoms with Crippen LogP contribution < -0.4 is 4.74 Å². The molecular formula is C17H23FO2. The van der Waals surface area contributed by atoms with E-state index in [0.717, 1.165) is 24.3 Å². The predicted molar refractivity (Wildman–Crippen MR) is 77.3 cm³/mol. The first-order chi connectivity index (χ1) is 9.60. The van der Waals surface area contributed by atoms with Crippen molar-refractivity contribution >= 4 is 5.97 Å². The number of carbonyl (C=O) groups excluding carboxylic acids is 1. The molecule has 1 aromatic carbocycles. The van der Waals surface area contributed by atoms with Gasteiger partial charge in [0.05, 0.1) is 0 Å². The topological polar surface area (TPSA) is 26.3 Å². The van der Waals surface area contributed by atoms with Crippen molar-refractivity contribution in [3.63, 3.8) is 0 Å². The van der Waals surface area contributed by atoms with Crippen molar-refractivity contribution in [1.82, 2.24) is 0 Å². The predicted octanol–water partition coefficient (Wildman–Crippen LogP) is 4.82. The van der Waals surface area contributed by atoms with Gasteiger partial charge in [-0.15, -0.1) is 0 Å². The second-order valence-electron chi connectivity index (χ2n) is 5.79. The SMILES string of the molecule is CCCC1CCC(c2ccc(OC(C)=O)c(F)c2)CC1. The standard InChI is InChI=1S/C17H23FO2/c1-3-4-13-5-7-14(8-6-13)15-9-10-17(16(18)11-15)20-12(2)19/h9-11,13-14H,3-8H2,1-2H3. The molecule has 1 aliphatic carbocycles. The number of hydrogen-bond acceptors (Lipinski definition) is 2. The largest absolute Gasteiger partial charge is 0.424 e. The number of benzene rings is 1. The minimum absolute atomic E-state index is 0.0286. The normalized spacial score (nSPS) is 22.6. The lowest BCUT2D eigenvalue weighted by molar-refractivity contribution is -0.132. The molecule has 3 heteroatoms. The second kappa shape index (κ2) is 6.87. The molecule has 0 N–H and O–H groups in total. The zero-order valence-electron chi connectivity index (χ0n) is 12.3. The average Bonchev–Trinajstić information content (AvgIpc) is 2.42. The summed E-state index contributed by atoms with van der Waals surface area (Å²) in [6.45, 7) is 3.51. The molecule has 1 aliphatic rings. The number of ether oxygens (including phenoxy) is 1. The maximum atomic E-state index is 13.9. The number of carbonyl (C=O) groups is 1. The first-order valence-corrected chi connectivity index (χ1v) is 7.58. The molecule has 1 fully saturated rings. The van der Waals surface area contributed by atoms with E-state index in [-0.39, 0.29) is 5.75 Å². The molecule has 0 atom stereocenters. The van der Waals surface area contributed by atoms with Crippen molar-refractivity contribution in [2.45, 2.75) is 58.3 Å². The molecule has 0 aliphatic heterocycles. The van der Waals surface area contributed by atoms with Crippen molar-refractivity contribution in [1.29, 1.82) is 0 Å². The molecule has 0 bridgehead atoms. The van der Waals surface area contributed by atoms with Crippen LogP contribution in [0.3, 0.4) is 0 Å². The van der Waals surface area contributed by atoms with Crippen LogP contribution >= 0.6 is 0 Å². The Kier molecular flexibility index (Phi) is 5.16. The second-order valence-corrected chi connectivity index (χ2v) is 5.79. The van der Waals surface area contributed by atoms with Gasteiger partial charge in [0, 0.05) is 6.92 Å². The Morgan fingerprint density at radius 1 is 1.30 bits per heavy atom. The van der Waals surface area contributed by atoms with Gasteiger partial charge >= 0.3 is 5.97 Å². The highest BCUT2D eigenvalue weighted by Gasteiger charge is 2.22. The van der Waals surface area contributed by atoms with Gasteiger partial charge in [-0.2, -0.15) is 0 Å². The van der Waals surface area contributed by atoms with Crippen LogP contribution in [0.4, 0.5) is 4.39 Å². The van der Waals surface area contributed by atoms with Crippen LogP contribution in [0.15, 0.2) is 18.2 Å². The monoisotopic (exact) mass is 278 g/mol. The Hall–Kier alpha value is -1.38. The van der Waals surface area contributed by atoms with E-state index in [2.05, 4.69) is 6.92 Å². The fourth-order valence-corrected chi connectivity index (χ4v) is 3.20. The lowest BCUT2D eigenvalue weighted by atomic mass is 9.77. The van der Waals surface area contributed by atoms with Gasteiger partial charge in [-0.3, -0.25) is 4.79 Å². The molecule has 0 heterocycles. The number of hydrogen-bond donors (Lipinski definition) is 0. The first kappa shape index (κ1) is 15.0. The van der Waals surface area contributed by atoms with Gasteiger partial charge in [-0.05, 0) is 55.2 Å².